The van der Waals surface area contributed by atoms with Gasteiger partial charge in [0.1, 0.15) is 0 Å². The van der Waals surface area contributed by atoms with Gasteiger partial charge in [-0.15, -0.1) is 5.10 Å². The average molecular weight is 260 g/mol. The molecule has 0 amide bonds. The molecule has 1 aliphatic rings. The van der Waals surface area contributed by atoms with Crippen molar-refractivity contribution in [3.8, 4) is 0 Å². The molecule has 0 aromatic carbocycles. The molecule has 0 spiro atoms. The molecule has 5 nitrogen and oxygen atoms in total. The summed E-state index contributed by atoms with van der Waals surface area (Å²) in [6.45, 7) is 6.88. The molecule has 2 heterocycles. The first-order valence-electron chi connectivity index (χ1n) is 5.36. The molecule has 1 aromatic rings. The zero-order valence-electron chi connectivity index (χ0n) is 9.23. The van der Waals surface area contributed by atoms with E-state index in [1.54, 1.807) is 0 Å². The third-order valence-corrected chi connectivity index (χ3v) is 3.46. The molecular weight excluding hydrogens is 244 g/mol. The smallest absolute Gasteiger partial charge is 0.204 e. The normalized spacial score (nSPS) is 19.6. The molecule has 2 N–H and O–H groups in total. The van der Waals surface area contributed by atoms with Crippen molar-refractivity contribution in [1.29, 1.82) is 0 Å². The third-order valence-electron chi connectivity index (χ3n) is 2.44. The summed E-state index contributed by atoms with van der Waals surface area (Å²) in [4.78, 5) is 2.40. The summed E-state index contributed by atoms with van der Waals surface area (Å²) < 4.78 is 6.02. The quantitative estimate of drug-likeness (QED) is 0.800. The fourth-order valence-electron chi connectivity index (χ4n) is 1.72. The molecule has 0 aliphatic carbocycles. The molecule has 1 fully saturated rings. The second-order valence-corrected chi connectivity index (χ2v) is 5.54. The topological polar surface area (TPSA) is 53.2 Å². The van der Waals surface area contributed by atoms with Gasteiger partial charge < -0.3 is 10.1 Å². The summed E-state index contributed by atoms with van der Waals surface area (Å²) >= 11 is 6.45. The number of rotatable bonds is 4. The predicted octanol–water partition coefficient (Wildman–Crippen LogP) is 1.33. The van der Waals surface area contributed by atoms with Crippen LogP contribution in [0.4, 0.5) is 5.13 Å². The standard InChI is InChI=1S/C9H16N4OS2/c1-7(6-13-2-4-14-5-3-13)10-8-11-12-9(15)16-8/h7H,2-6H2,1H3,(H,10,11)(H,12,15). The summed E-state index contributed by atoms with van der Waals surface area (Å²) in [7, 11) is 0. The van der Waals surface area contributed by atoms with E-state index in [2.05, 4.69) is 27.3 Å². The van der Waals surface area contributed by atoms with Crippen molar-refractivity contribution in [1.82, 2.24) is 15.1 Å². The molecule has 7 heteroatoms. The minimum atomic E-state index is 0.368. The molecule has 1 saturated heterocycles. The number of anilines is 1. The molecular formula is C9H16N4OS2. The summed E-state index contributed by atoms with van der Waals surface area (Å²) in [5.74, 6) is 0. The molecule has 1 aromatic heterocycles. The Bertz CT molecular complexity index is 372. The highest BCUT2D eigenvalue weighted by Crippen LogP contribution is 2.12. The van der Waals surface area contributed by atoms with Gasteiger partial charge in [-0.1, -0.05) is 11.3 Å². The van der Waals surface area contributed by atoms with Crippen LogP contribution in [0.15, 0.2) is 0 Å². The van der Waals surface area contributed by atoms with E-state index in [9.17, 15) is 0 Å². The van der Waals surface area contributed by atoms with Crippen LogP contribution in [-0.2, 0) is 4.74 Å². The monoisotopic (exact) mass is 260 g/mol. The summed E-state index contributed by atoms with van der Waals surface area (Å²) in [6, 6.07) is 0.368. The molecule has 16 heavy (non-hydrogen) atoms. The lowest BCUT2D eigenvalue weighted by Crippen LogP contribution is -2.42. The van der Waals surface area contributed by atoms with E-state index in [4.69, 9.17) is 17.0 Å². The van der Waals surface area contributed by atoms with Crippen LogP contribution >= 0.6 is 23.6 Å². The minimum absolute atomic E-state index is 0.368. The van der Waals surface area contributed by atoms with Crippen molar-refractivity contribution in [2.45, 2.75) is 13.0 Å². The van der Waals surface area contributed by atoms with Gasteiger partial charge >= 0.3 is 0 Å². The SMILES string of the molecule is CC(CN1CCOCC1)Nc1n[nH]c(=S)s1. The van der Waals surface area contributed by atoms with Crippen molar-refractivity contribution >= 4 is 28.7 Å². The fourth-order valence-corrected chi connectivity index (χ4v) is 2.62. The van der Waals surface area contributed by atoms with Crippen LogP contribution in [0, 0.1) is 3.95 Å². The molecule has 1 aliphatic heterocycles. The number of nitrogens with one attached hydrogen (secondary N) is 2. The van der Waals surface area contributed by atoms with Gasteiger partial charge in [0, 0.05) is 25.7 Å². The van der Waals surface area contributed by atoms with Gasteiger partial charge in [0.2, 0.25) is 5.13 Å². The zero-order chi connectivity index (χ0) is 11.4. The molecule has 0 saturated carbocycles. The highest BCUT2D eigenvalue weighted by atomic mass is 32.1. The molecule has 1 unspecified atom stereocenters. The van der Waals surface area contributed by atoms with E-state index in [0.717, 1.165) is 38.0 Å². The molecule has 2 rings (SSSR count). The van der Waals surface area contributed by atoms with Gasteiger partial charge in [-0.2, -0.15) is 0 Å². The molecule has 90 valence electrons. The molecule has 1 atom stereocenters. The number of nitrogens with zero attached hydrogens (tertiary/aromatic N) is 2. The van der Waals surface area contributed by atoms with Gasteiger partial charge in [-0.05, 0) is 19.1 Å². The van der Waals surface area contributed by atoms with E-state index in [1.807, 2.05) is 0 Å². The van der Waals surface area contributed by atoms with Crippen LogP contribution in [0.5, 0.6) is 0 Å². The van der Waals surface area contributed by atoms with Crippen LogP contribution in [-0.4, -0.2) is 54.0 Å². The maximum Gasteiger partial charge on any atom is 0.204 e. The second kappa shape index (κ2) is 5.72. The van der Waals surface area contributed by atoms with Crippen molar-refractivity contribution in [3.63, 3.8) is 0 Å². The van der Waals surface area contributed by atoms with Gasteiger partial charge in [0.25, 0.3) is 0 Å². The van der Waals surface area contributed by atoms with E-state index in [1.165, 1.54) is 11.3 Å². The zero-order valence-corrected chi connectivity index (χ0v) is 10.9. The highest BCUT2D eigenvalue weighted by molar-refractivity contribution is 7.73. The Balaban J connectivity index is 1.79. The largest absolute Gasteiger partial charge is 0.379 e. The van der Waals surface area contributed by atoms with E-state index >= 15 is 0 Å². The predicted molar refractivity (Wildman–Crippen MR) is 67.6 cm³/mol. The van der Waals surface area contributed by atoms with Crippen LogP contribution < -0.4 is 5.32 Å². The lowest BCUT2D eigenvalue weighted by Gasteiger charge is -2.29. The van der Waals surface area contributed by atoms with Gasteiger partial charge in [-0.3, -0.25) is 10.00 Å². The maximum atomic E-state index is 5.31. The minimum Gasteiger partial charge on any atom is -0.379 e. The van der Waals surface area contributed by atoms with Crippen LogP contribution in [0.3, 0.4) is 0 Å². The number of morpholine rings is 1. The average Bonchev–Trinajstić information content (AvgIpc) is 2.65. The Kier molecular flexibility index (Phi) is 4.28. The number of aromatic nitrogens is 2. The highest BCUT2D eigenvalue weighted by Gasteiger charge is 2.14. The fraction of sp³-hybridized carbons (Fsp3) is 0.778. The van der Waals surface area contributed by atoms with Crippen LogP contribution in [0.25, 0.3) is 0 Å². The Morgan fingerprint density at radius 1 is 1.62 bits per heavy atom. The molecule has 0 radical (unpaired) electrons. The van der Waals surface area contributed by atoms with Gasteiger partial charge in [0.05, 0.1) is 13.2 Å². The Labute approximate surface area is 104 Å². The summed E-state index contributed by atoms with van der Waals surface area (Å²) in [5.41, 5.74) is 0. The number of aromatic amines is 1. The van der Waals surface area contributed by atoms with Crippen molar-refractivity contribution < 1.29 is 4.74 Å². The number of hydrogen-bond donors (Lipinski definition) is 2. The Hall–Kier alpha value is -0.500. The van der Waals surface area contributed by atoms with Crippen LogP contribution in [0.1, 0.15) is 6.92 Å². The lowest BCUT2D eigenvalue weighted by atomic mass is 10.3. The van der Waals surface area contributed by atoms with E-state index in [0.29, 0.717) is 10.00 Å². The number of hydrogen-bond acceptors (Lipinski definition) is 6. The molecule has 0 bridgehead atoms. The number of ether oxygens (including phenoxy) is 1. The summed E-state index contributed by atoms with van der Waals surface area (Å²) in [5, 5.41) is 11.1. The summed E-state index contributed by atoms with van der Waals surface area (Å²) in [6.07, 6.45) is 0. The first-order chi connectivity index (χ1) is 7.74. The lowest BCUT2D eigenvalue weighted by molar-refractivity contribution is 0.0368. The third kappa shape index (κ3) is 3.51. The van der Waals surface area contributed by atoms with Crippen molar-refractivity contribution in [2.75, 3.05) is 38.2 Å². The first kappa shape index (κ1) is 12.0. The van der Waals surface area contributed by atoms with E-state index in [-0.39, 0.29) is 0 Å². The Morgan fingerprint density at radius 2 is 2.38 bits per heavy atom. The second-order valence-electron chi connectivity index (χ2n) is 3.88. The van der Waals surface area contributed by atoms with Crippen molar-refractivity contribution in [2.24, 2.45) is 0 Å². The van der Waals surface area contributed by atoms with Gasteiger partial charge in [-0.25, -0.2) is 0 Å². The van der Waals surface area contributed by atoms with Gasteiger partial charge in [0.15, 0.2) is 3.95 Å². The Morgan fingerprint density at radius 3 is 3.00 bits per heavy atom. The van der Waals surface area contributed by atoms with E-state index < -0.39 is 0 Å². The van der Waals surface area contributed by atoms with Crippen LogP contribution in [0.2, 0.25) is 0 Å². The maximum absolute atomic E-state index is 5.31. The number of H-pyrrole nitrogens is 1. The van der Waals surface area contributed by atoms with Crippen molar-refractivity contribution in [3.05, 3.63) is 3.95 Å². The first-order valence-corrected chi connectivity index (χ1v) is 6.58.